The van der Waals surface area contributed by atoms with E-state index in [1.54, 1.807) is 0 Å². The van der Waals surface area contributed by atoms with Crippen LogP contribution >= 0.6 is 38.9 Å². The molecule has 0 aliphatic carbocycles. The van der Waals surface area contributed by atoms with Gasteiger partial charge >= 0.3 is 0 Å². The Morgan fingerprint density at radius 2 is 2.37 bits per heavy atom. The Kier molecular flexibility index (Phi) is 5.32. The van der Waals surface area contributed by atoms with Crippen LogP contribution in [0.15, 0.2) is 9.85 Å². The van der Waals surface area contributed by atoms with Crippen molar-refractivity contribution in [1.82, 2.24) is 4.90 Å². The van der Waals surface area contributed by atoms with Gasteiger partial charge in [-0.15, -0.1) is 22.9 Å². The summed E-state index contributed by atoms with van der Waals surface area (Å²) in [6, 6.07) is 2.28. The van der Waals surface area contributed by atoms with E-state index in [9.17, 15) is 4.79 Å². The molecular formula is C14H19BrClNOS. The maximum Gasteiger partial charge on any atom is 0.264 e. The number of hydrogen-bond donors (Lipinski definition) is 0. The highest BCUT2D eigenvalue weighted by Crippen LogP contribution is 2.31. The molecule has 1 aromatic heterocycles. The van der Waals surface area contributed by atoms with Gasteiger partial charge in [-0.1, -0.05) is 0 Å². The van der Waals surface area contributed by atoms with Crippen molar-refractivity contribution >= 4 is 44.8 Å². The number of rotatable bonds is 3. The van der Waals surface area contributed by atoms with E-state index >= 15 is 0 Å². The maximum atomic E-state index is 12.6. The minimum absolute atomic E-state index is 0.121. The predicted molar refractivity (Wildman–Crippen MR) is 85.4 cm³/mol. The zero-order valence-corrected chi connectivity index (χ0v) is 14.4. The number of hydrogen-bond acceptors (Lipinski definition) is 2. The second kappa shape index (κ2) is 6.59. The molecule has 1 aromatic rings. The third-order valence-corrected chi connectivity index (χ3v) is 5.86. The molecule has 1 saturated heterocycles. The summed E-state index contributed by atoms with van der Waals surface area (Å²) in [6.07, 6.45) is 4.27. The molecule has 2 unspecified atom stereocenters. The van der Waals surface area contributed by atoms with Gasteiger partial charge in [-0.05, 0) is 67.1 Å². The summed E-state index contributed by atoms with van der Waals surface area (Å²) in [5.74, 6) is 0.167. The fourth-order valence-corrected chi connectivity index (χ4v) is 4.29. The van der Waals surface area contributed by atoms with E-state index < -0.39 is 0 Å². The Labute approximate surface area is 132 Å². The van der Waals surface area contributed by atoms with Crippen molar-refractivity contribution in [1.29, 1.82) is 0 Å². The summed E-state index contributed by atoms with van der Waals surface area (Å²) in [5.41, 5.74) is 1.13. The van der Waals surface area contributed by atoms with Crippen LogP contribution in [0.25, 0.3) is 0 Å². The molecule has 2 atom stereocenters. The molecule has 1 amide bonds. The largest absolute Gasteiger partial charge is 0.335 e. The molecule has 1 aliphatic heterocycles. The van der Waals surface area contributed by atoms with E-state index in [0.717, 1.165) is 40.0 Å². The van der Waals surface area contributed by atoms with Crippen molar-refractivity contribution in [3.05, 3.63) is 20.3 Å². The molecule has 5 heteroatoms. The standard InChI is InChI=1S/C14H19BrClNOS/c1-9-7-12(19-13(9)15)14(18)17-6-4-3-5-11(17)8-10(2)16/h7,10-11H,3-6,8H2,1-2H3. The molecule has 106 valence electrons. The third kappa shape index (κ3) is 3.73. The van der Waals surface area contributed by atoms with E-state index in [2.05, 4.69) is 15.9 Å². The average molecular weight is 365 g/mol. The highest BCUT2D eigenvalue weighted by Gasteiger charge is 2.29. The van der Waals surface area contributed by atoms with E-state index in [0.29, 0.717) is 6.04 Å². The Morgan fingerprint density at radius 3 is 2.95 bits per heavy atom. The smallest absolute Gasteiger partial charge is 0.264 e. The zero-order chi connectivity index (χ0) is 14.0. The molecule has 0 bridgehead atoms. The zero-order valence-electron chi connectivity index (χ0n) is 11.3. The Bertz CT molecular complexity index is 441. The van der Waals surface area contributed by atoms with Gasteiger partial charge in [0.15, 0.2) is 0 Å². The fourth-order valence-electron chi connectivity index (χ4n) is 2.59. The van der Waals surface area contributed by atoms with Crippen molar-refractivity contribution in [3.8, 4) is 0 Å². The number of thiophene rings is 1. The lowest BCUT2D eigenvalue weighted by atomic mass is 9.98. The van der Waals surface area contributed by atoms with Crippen molar-refractivity contribution < 1.29 is 4.79 Å². The summed E-state index contributed by atoms with van der Waals surface area (Å²) >= 11 is 11.1. The third-order valence-electron chi connectivity index (χ3n) is 3.55. The minimum Gasteiger partial charge on any atom is -0.335 e. The topological polar surface area (TPSA) is 20.3 Å². The molecule has 19 heavy (non-hydrogen) atoms. The molecule has 0 spiro atoms. The van der Waals surface area contributed by atoms with Crippen LogP contribution in [-0.4, -0.2) is 28.8 Å². The Balaban J connectivity index is 2.15. The first kappa shape index (κ1) is 15.3. The van der Waals surface area contributed by atoms with Gasteiger partial charge in [0.2, 0.25) is 0 Å². The van der Waals surface area contributed by atoms with Gasteiger partial charge in [-0.3, -0.25) is 4.79 Å². The molecule has 0 radical (unpaired) electrons. The highest BCUT2D eigenvalue weighted by molar-refractivity contribution is 9.11. The monoisotopic (exact) mass is 363 g/mol. The first-order valence-corrected chi connectivity index (χ1v) is 8.74. The van der Waals surface area contributed by atoms with Crippen molar-refractivity contribution in [2.75, 3.05) is 6.54 Å². The molecule has 1 fully saturated rings. The van der Waals surface area contributed by atoms with Crippen LogP contribution in [0.2, 0.25) is 0 Å². The highest BCUT2D eigenvalue weighted by atomic mass is 79.9. The summed E-state index contributed by atoms with van der Waals surface area (Å²) in [7, 11) is 0. The first-order valence-electron chi connectivity index (χ1n) is 6.70. The summed E-state index contributed by atoms with van der Waals surface area (Å²) in [5, 5.41) is 0.121. The van der Waals surface area contributed by atoms with Gasteiger partial charge in [0.05, 0.1) is 8.66 Å². The van der Waals surface area contributed by atoms with E-state index in [-0.39, 0.29) is 11.3 Å². The molecule has 0 saturated carbocycles. The lowest BCUT2D eigenvalue weighted by Crippen LogP contribution is -2.44. The number of nitrogens with zero attached hydrogens (tertiary/aromatic N) is 1. The van der Waals surface area contributed by atoms with Gasteiger partial charge in [-0.25, -0.2) is 0 Å². The average Bonchev–Trinajstić information content (AvgIpc) is 2.69. The van der Waals surface area contributed by atoms with Crippen LogP contribution in [-0.2, 0) is 0 Å². The molecule has 1 aliphatic rings. The van der Waals surface area contributed by atoms with Crippen molar-refractivity contribution in [2.24, 2.45) is 0 Å². The summed E-state index contributed by atoms with van der Waals surface area (Å²) in [4.78, 5) is 15.5. The van der Waals surface area contributed by atoms with E-state index in [1.165, 1.54) is 17.8 Å². The maximum absolute atomic E-state index is 12.6. The summed E-state index contributed by atoms with van der Waals surface area (Å²) in [6.45, 7) is 4.89. The second-order valence-corrected chi connectivity index (χ2v) is 8.35. The van der Waals surface area contributed by atoms with Crippen LogP contribution in [0, 0.1) is 6.92 Å². The van der Waals surface area contributed by atoms with Gasteiger partial charge < -0.3 is 4.90 Å². The molecule has 2 rings (SSSR count). The number of piperidine rings is 1. The molecule has 2 heterocycles. The van der Waals surface area contributed by atoms with Gasteiger partial charge in [0.25, 0.3) is 5.91 Å². The second-order valence-electron chi connectivity index (χ2n) is 5.23. The SMILES string of the molecule is Cc1cc(C(=O)N2CCCCC2CC(C)Cl)sc1Br. The lowest BCUT2D eigenvalue weighted by Gasteiger charge is -2.36. The lowest BCUT2D eigenvalue weighted by molar-refractivity contribution is 0.0607. The molecule has 2 nitrogen and oxygen atoms in total. The summed E-state index contributed by atoms with van der Waals surface area (Å²) < 4.78 is 1.05. The Morgan fingerprint density at radius 1 is 1.63 bits per heavy atom. The number of likely N-dealkylation sites (tertiary alicyclic amines) is 1. The van der Waals surface area contributed by atoms with Crippen LogP contribution in [0.1, 0.15) is 47.8 Å². The molecule has 0 aromatic carbocycles. The van der Waals surface area contributed by atoms with Crippen LogP contribution < -0.4 is 0 Å². The van der Waals surface area contributed by atoms with Crippen LogP contribution in [0.4, 0.5) is 0 Å². The number of halogens is 2. The predicted octanol–water partition coefficient (Wildman–Crippen LogP) is 4.83. The number of carbonyl (C=O) groups is 1. The quantitative estimate of drug-likeness (QED) is 0.703. The number of aryl methyl sites for hydroxylation is 1. The minimum atomic E-state index is 0.121. The number of carbonyl (C=O) groups excluding carboxylic acids is 1. The number of amides is 1. The van der Waals surface area contributed by atoms with E-state index in [1.807, 2.05) is 24.8 Å². The Hall–Kier alpha value is -0.0600. The van der Waals surface area contributed by atoms with Crippen molar-refractivity contribution in [2.45, 2.75) is 50.9 Å². The van der Waals surface area contributed by atoms with Crippen molar-refractivity contribution in [3.63, 3.8) is 0 Å². The normalized spacial score (nSPS) is 21.5. The van der Waals surface area contributed by atoms with Crippen LogP contribution in [0.3, 0.4) is 0 Å². The molecule has 0 N–H and O–H groups in total. The number of alkyl halides is 1. The van der Waals surface area contributed by atoms with Gasteiger partial charge in [-0.2, -0.15) is 0 Å². The van der Waals surface area contributed by atoms with Crippen LogP contribution in [0.5, 0.6) is 0 Å². The van der Waals surface area contributed by atoms with E-state index in [4.69, 9.17) is 11.6 Å². The van der Waals surface area contributed by atoms with Gasteiger partial charge in [0, 0.05) is 18.0 Å². The molecular weight excluding hydrogens is 346 g/mol. The van der Waals surface area contributed by atoms with Gasteiger partial charge in [0.1, 0.15) is 0 Å². The fraction of sp³-hybridized carbons (Fsp3) is 0.643. The first-order chi connectivity index (χ1) is 8.99.